The lowest BCUT2D eigenvalue weighted by Gasteiger charge is -2.17. The molecule has 4 N–H and O–H groups in total. The molecule has 1 atom stereocenters. The fourth-order valence-electron chi connectivity index (χ4n) is 2.11. The van der Waals surface area contributed by atoms with E-state index < -0.39 is 18.0 Å². The van der Waals surface area contributed by atoms with E-state index in [0.717, 1.165) is 29.7 Å². The SMILES string of the molecule is CCc1ccc(CC)c(NC(=O)NC(CCOC)C(N)=O)c1. The lowest BCUT2D eigenvalue weighted by atomic mass is 10.1. The van der Waals surface area contributed by atoms with Gasteiger partial charge in [-0.3, -0.25) is 4.79 Å². The zero-order valence-electron chi connectivity index (χ0n) is 13.4. The largest absolute Gasteiger partial charge is 0.385 e. The predicted octanol–water partition coefficient (Wildman–Crippen LogP) is 1.82. The van der Waals surface area contributed by atoms with Crippen molar-refractivity contribution in [3.8, 4) is 0 Å². The van der Waals surface area contributed by atoms with Gasteiger partial charge < -0.3 is 21.1 Å². The minimum atomic E-state index is -0.751. The number of methoxy groups -OCH3 is 1. The van der Waals surface area contributed by atoms with Gasteiger partial charge in [-0.25, -0.2) is 4.79 Å². The van der Waals surface area contributed by atoms with Crippen LogP contribution in [0.15, 0.2) is 18.2 Å². The molecule has 6 heteroatoms. The van der Waals surface area contributed by atoms with Crippen LogP contribution < -0.4 is 16.4 Å². The summed E-state index contributed by atoms with van der Waals surface area (Å²) in [5, 5.41) is 5.38. The Bertz CT molecular complexity index is 517. The minimum Gasteiger partial charge on any atom is -0.385 e. The molecule has 1 aromatic carbocycles. The summed E-state index contributed by atoms with van der Waals surface area (Å²) in [6.07, 6.45) is 2.04. The minimum absolute atomic E-state index is 0.342. The van der Waals surface area contributed by atoms with Gasteiger partial charge in [0.1, 0.15) is 6.04 Å². The molecule has 0 fully saturated rings. The Balaban J connectivity index is 2.76. The van der Waals surface area contributed by atoms with Crippen LogP contribution in [0.25, 0.3) is 0 Å². The van der Waals surface area contributed by atoms with Crippen molar-refractivity contribution >= 4 is 17.6 Å². The van der Waals surface area contributed by atoms with Crippen molar-refractivity contribution in [2.45, 2.75) is 39.2 Å². The Labute approximate surface area is 131 Å². The summed E-state index contributed by atoms with van der Waals surface area (Å²) < 4.78 is 4.91. The lowest BCUT2D eigenvalue weighted by molar-refractivity contribution is -0.120. The van der Waals surface area contributed by atoms with Gasteiger partial charge in [0.05, 0.1) is 0 Å². The maximum Gasteiger partial charge on any atom is 0.319 e. The molecule has 0 aliphatic rings. The number of carbonyl (C=O) groups is 2. The van der Waals surface area contributed by atoms with Crippen LogP contribution in [0.4, 0.5) is 10.5 Å². The van der Waals surface area contributed by atoms with Crippen molar-refractivity contribution < 1.29 is 14.3 Å². The van der Waals surface area contributed by atoms with Crippen molar-refractivity contribution in [2.75, 3.05) is 19.0 Å². The standard InChI is InChI=1S/C16H25N3O3/c1-4-11-6-7-12(5-2)14(10-11)19-16(21)18-13(15(17)20)8-9-22-3/h6-7,10,13H,4-5,8-9H2,1-3H3,(H2,17,20)(H2,18,19,21). The van der Waals surface area contributed by atoms with Crippen molar-refractivity contribution in [3.05, 3.63) is 29.3 Å². The second-order valence-corrected chi connectivity index (χ2v) is 5.03. The van der Waals surface area contributed by atoms with E-state index in [0.29, 0.717) is 13.0 Å². The molecule has 0 saturated heterocycles. The first-order valence-corrected chi connectivity index (χ1v) is 7.49. The Morgan fingerprint density at radius 1 is 1.27 bits per heavy atom. The van der Waals surface area contributed by atoms with Crippen LogP contribution in [0.2, 0.25) is 0 Å². The number of nitrogens with one attached hydrogen (secondary N) is 2. The maximum absolute atomic E-state index is 12.1. The highest BCUT2D eigenvalue weighted by molar-refractivity contribution is 5.94. The quantitative estimate of drug-likeness (QED) is 0.684. The molecule has 0 heterocycles. The van der Waals surface area contributed by atoms with E-state index in [4.69, 9.17) is 10.5 Å². The Morgan fingerprint density at radius 3 is 2.55 bits per heavy atom. The molecule has 3 amide bonds. The number of urea groups is 1. The summed E-state index contributed by atoms with van der Waals surface area (Å²) in [6, 6.07) is 4.81. The third-order valence-electron chi connectivity index (χ3n) is 3.47. The second-order valence-electron chi connectivity index (χ2n) is 5.03. The lowest BCUT2D eigenvalue weighted by Crippen LogP contribution is -2.46. The van der Waals surface area contributed by atoms with Gasteiger partial charge in [0.15, 0.2) is 0 Å². The number of carbonyl (C=O) groups excluding carboxylic acids is 2. The first kappa shape index (κ1) is 18.0. The van der Waals surface area contributed by atoms with E-state index in [1.54, 1.807) is 0 Å². The number of hydrogen-bond donors (Lipinski definition) is 3. The molecule has 0 aromatic heterocycles. The maximum atomic E-state index is 12.1. The molecular weight excluding hydrogens is 282 g/mol. The first-order valence-electron chi connectivity index (χ1n) is 7.49. The monoisotopic (exact) mass is 307 g/mol. The van der Waals surface area contributed by atoms with E-state index in [1.165, 1.54) is 7.11 Å². The van der Waals surface area contributed by atoms with Gasteiger partial charge in [-0.05, 0) is 36.5 Å². The van der Waals surface area contributed by atoms with Crippen molar-refractivity contribution in [1.82, 2.24) is 5.32 Å². The van der Waals surface area contributed by atoms with Crippen molar-refractivity contribution in [1.29, 1.82) is 0 Å². The zero-order chi connectivity index (χ0) is 16.5. The van der Waals surface area contributed by atoms with Crippen LogP contribution in [0.5, 0.6) is 0 Å². The molecular formula is C16H25N3O3. The molecule has 6 nitrogen and oxygen atoms in total. The van der Waals surface area contributed by atoms with E-state index >= 15 is 0 Å². The van der Waals surface area contributed by atoms with E-state index in [-0.39, 0.29) is 0 Å². The van der Waals surface area contributed by atoms with Crippen LogP contribution in [0.3, 0.4) is 0 Å². The Kier molecular flexibility index (Phi) is 7.39. The summed E-state index contributed by atoms with van der Waals surface area (Å²) >= 11 is 0. The van der Waals surface area contributed by atoms with E-state index in [2.05, 4.69) is 17.6 Å². The van der Waals surface area contributed by atoms with Crippen LogP contribution in [-0.2, 0) is 22.4 Å². The van der Waals surface area contributed by atoms with Gasteiger partial charge in [0, 0.05) is 19.4 Å². The summed E-state index contributed by atoms with van der Waals surface area (Å²) in [5.74, 6) is -0.578. The number of nitrogens with two attached hydrogens (primary N) is 1. The van der Waals surface area contributed by atoms with Crippen molar-refractivity contribution in [3.63, 3.8) is 0 Å². The van der Waals surface area contributed by atoms with Gasteiger partial charge in [0.25, 0.3) is 0 Å². The van der Waals surface area contributed by atoms with Gasteiger partial charge >= 0.3 is 6.03 Å². The van der Waals surface area contributed by atoms with E-state index in [1.807, 2.05) is 25.1 Å². The normalized spacial score (nSPS) is 11.8. The Morgan fingerprint density at radius 2 is 2.00 bits per heavy atom. The molecule has 122 valence electrons. The van der Waals surface area contributed by atoms with Gasteiger partial charge in [-0.15, -0.1) is 0 Å². The smallest absolute Gasteiger partial charge is 0.319 e. The zero-order valence-corrected chi connectivity index (χ0v) is 13.4. The first-order chi connectivity index (χ1) is 10.5. The molecule has 22 heavy (non-hydrogen) atoms. The molecule has 0 aliphatic heterocycles. The number of benzene rings is 1. The van der Waals surface area contributed by atoms with Crippen molar-refractivity contribution in [2.24, 2.45) is 5.73 Å². The van der Waals surface area contributed by atoms with Gasteiger partial charge in [-0.1, -0.05) is 26.0 Å². The number of amides is 3. The highest BCUT2D eigenvalue weighted by Crippen LogP contribution is 2.19. The summed E-state index contributed by atoms with van der Waals surface area (Å²) in [7, 11) is 1.53. The average molecular weight is 307 g/mol. The molecule has 0 saturated carbocycles. The molecule has 1 aromatic rings. The van der Waals surface area contributed by atoms with Crippen LogP contribution in [-0.4, -0.2) is 31.7 Å². The highest BCUT2D eigenvalue weighted by Gasteiger charge is 2.18. The molecule has 1 rings (SSSR count). The molecule has 1 unspecified atom stereocenters. The summed E-state index contributed by atoms with van der Waals surface area (Å²) in [6.45, 7) is 4.42. The van der Waals surface area contributed by atoms with Gasteiger partial charge in [0.2, 0.25) is 5.91 Å². The fraction of sp³-hybridized carbons (Fsp3) is 0.500. The number of anilines is 1. The second kappa shape index (κ2) is 9.04. The molecule has 0 radical (unpaired) electrons. The van der Waals surface area contributed by atoms with E-state index in [9.17, 15) is 9.59 Å². The third-order valence-corrected chi connectivity index (χ3v) is 3.47. The topological polar surface area (TPSA) is 93.4 Å². The fourth-order valence-corrected chi connectivity index (χ4v) is 2.11. The summed E-state index contributed by atoms with van der Waals surface area (Å²) in [5.41, 5.74) is 8.22. The molecule has 0 spiro atoms. The number of primary amides is 1. The number of ether oxygens (including phenoxy) is 1. The van der Waals surface area contributed by atoms with Crippen LogP contribution in [0.1, 0.15) is 31.4 Å². The average Bonchev–Trinajstić information content (AvgIpc) is 2.50. The molecule has 0 bridgehead atoms. The summed E-state index contributed by atoms with van der Waals surface area (Å²) in [4.78, 5) is 23.4. The number of hydrogen-bond acceptors (Lipinski definition) is 3. The Hall–Kier alpha value is -2.08. The molecule has 0 aliphatic carbocycles. The highest BCUT2D eigenvalue weighted by atomic mass is 16.5. The van der Waals surface area contributed by atoms with Gasteiger partial charge in [-0.2, -0.15) is 0 Å². The van der Waals surface area contributed by atoms with Crippen LogP contribution >= 0.6 is 0 Å². The van der Waals surface area contributed by atoms with Crippen LogP contribution in [0, 0.1) is 0 Å². The third kappa shape index (κ3) is 5.37. The number of rotatable bonds is 8. The number of aryl methyl sites for hydroxylation is 2. The predicted molar refractivity (Wildman–Crippen MR) is 86.8 cm³/mol.